The first-order valence-corrected chi connectivity index (χ1v) is 4.32. The molecule has 0 radical (unpaired) electrons. The molecule has 0 aromatic heterocycles. The van der Waals surface area contributed by atoms with E-state index < -0.39 is 38.5 Å². The Morgan fingerprint density at radius 1 is 1.33 bits per heavy atom. The van der Waals surface area contributed by atoms with Crippen LogP contribution in [-0.2, 0) is 14.2 Å². The molecule has 2 unspecified atom stereocenters. The molecule has 0 bridgehead atoms. The summed E-state index contributed by atoms with van der Waals surface area (Å²) >= 11 is 0. The molecule has 0 N–H and O–H groups in total. The zero-order valence-electron chi connectivity index (χ0n) is 5.89. The van der Waals surface area contributed by atoms with Crippen LogP contribution in [0.1, 0.15) is 6.42 Å². The van der Waals surface area contributed by atoms with Crippen LogP contribution in [0.25, 0.3) is 0 Å². The minimum absolute atomic E-state index is 0.731. The van der Waals surface area contributed by atoms with Gasteiger partial charge in [0.1, 0.15) is 0 Å². The van der Waals surface area contributed by atoms with Gasteiger partial charge in [-0.2, -0.15) is 0 Å². The molecule has 0 aliphatic heterocycles. The number of carboxylic acid groups (broad SMARTS) is 2. The number of hydrogen-bond donors (Lipinski definition) is 0. The van der Waals surface area contributed by atoms with Gasteiger partial charge in [-0.1, -0.05) is 4.57 Å². The van der Waals surface area contributed by atoms with Crippen molar-refractivity contribution in [3.8, 4) is 0 Å². The molecule has 6 nitrogen and oxygen atoms in total. The third-order valence-corrected chi connectivity index (χ3v) is 1.85. The smallest absolute Gasteiger partial charge is 0.309 e. The van der Waals surface area contributed by atoms with Crippen molar-refractivity contribution in [1.82, 2.24) is 0 Å². The maximum Gasteiger partial charge on any atom is 0.309 e. The van der Waals surface area contributed by atoms with Gasteiger partial charge in [0.15, 0.2) is 6.16 Å². The molecule has 0 rings (SSSR count). The Balaban J connectivity index is 4.14. The molecule has 0 saturated carbocycles. The highest BCUT2D eigenvalue weighted by molar-refractivity contribution is 7.36. The van der Waals surface area contributed by atoms with Crippen molar-refractivity contribution in [2.24, 2.45) is 5.92 Å². The van der Waals surface area contributed by atoms with Crippen LogP contribution in [-0.4, -0.2) is 18.1 Å². The lowest BCUT2D eigenvalue weighted by Gasteiger charge is -2.13. The van der Waals surface area contributed by atoms with Crippen LogP contribution in [0.5, 0.6) is 0 Å². The predicted molar refractivity (Wildman–Crippen MR) is 30.6 cm³/mol. The third kappa shape index (κ3) is 4.76. The molecule has 7 heteroatoms. The van der Waals surface area contributed by atoms with Crippen molar-refractivity contribution >= 4 is 20.0 Å². The standard InChI is InChI=1S/C5H7O6P/c6-4(7)1-3(5(8)9)2-12(10)11/h3H,1-2H2,(H,6,7)(H,8,9)/p-2. The summed E-state index contributed by atoms with van der Waals surface area (Å²) in [5.74, 6) is -4.82. The van der Waals surface area contributed by atoms with E-state index in [1.807, 2.05) is 0 Å². The quantitative estimate of drug-likeness (QED) is 0.418. The molecule has 0 aliphatic rings. The van der Waals surface area contributed by atoms with Crippen molar-refractivity contribution in [2.75, 3.05) is 6.16 Å². The van der Waals surface area contributed by atoms with Crippen LogP contribution in [0.4, 0.5) is 0 Å². The summed E-state index contributed by atoms with van der Waals surface area (Å²) in [7, 11) is -2.91. The van der Waals surface area contributed by atoms with Crippen LogP contribution in [0.2, 0.25) is 0 Å². The van der Waals surface area contributed by atoms with Gasteiger partial charge in [0.25, 0.3) is 0 Å². The number of rotatable bonds is 5. The van der Waals surface area contributed by atoms with Gasteiger partial charge in [-0.25, -0.2) is 0 Å². The Hall–Kier alpha value is -1.00. The minimum atomic E-state index is -2.91. The summed E-state index contributed by atoms with van der Waals surface area (Å²) in [4.78, 5) is 30.0. The van der Waals surface area contributed by atoms with Gasteiger partial charge in [-0.3, -0.25) is 0 Å². The number of hydrogen-bond acceptors (Lipinski definition) is 6. The second kappa shape index (κ2) is 4.79. The van der Waals surface area contributed by atoms with Gasteiger partial charge in [0.05, 0.1) is 0 Å². The first-order chi connectivity index (χ1) is 5.43. The minimum Gasteiger partial charge on any atom is -0.596 e. The lowest BCUT2D eigenvalue weighted by molar-refractivity contribution is -0.320. The normalized spacial score (nSPS) is 13.6. The molecule has 0 amide bonds. The topological polar surface area (TPSA) is 120 Å². The highest BCUT2D eigenvalue weighted by atomic mass is 31.1. The Morgan fingerprint density at radius 3 is 2.08 bits per heavy atom. The average molecular weight is 192 g/mol. The van der Waals surface area contributed by atoms with E-state index in [2.05, 4.69) is 0 Å². The third-order valence-electron chi connectivity index (χ3n) is 1.12. The molecular formula is C5H5O6P-2. The molecule has 0 aliphatic carbocycles. The fraction of sp³-hybridized carbons (Fsp3) is 0.600. The first kappa shape index (κ1) is 11.0. The maximum atomic E-state index is 10.1. The van der Waals surface area contributed by atoms with Gasteiger partial charge in [-0.05, 0) is 6.42 Å². The monoisotopic (exact) mass is 192 g/mol. The van der Waals surface area contributed by atoms with Crippen molar-refractivity contribution in [3.63, 3.8) is 0 Å². The molecule has 0 fully saturated rings. The van der Waals surface area contributed by atoms with Crippen molar-refractivity contribution in [1.29, 1.82) is 0 Å². The Bertz CT molecular complexity index is 196. The summed E-state index contributed by atoms with van der Waals surface area (Å²) < 4.78 is 10.0. The highest BCUT2D eigenvalue weighted by Gasteiger charge is 2.17. The van der Waals surface area contributed by atoms with Crippen LogP contribution in [0.3, 0.4) is 0 Å². The van der Waals surface area contributed by atoms with E-state index in [4.69, 9.17) is 0 Å². The zero-order valence-corrected chi connectivity index (χ0v) is 6.78. The van der Waals surface area contributed by atoms with Gasteiger partial charge in [0.2, 0.25) is 0 Å². The summed E-state index contributed by atoms with van der Waals surface area (Å²) in [6.45, 7) is 0. The van der Waals surface area contributed by atoms with E-state index >= 15 is 0 Å². The Morgan fingerprint density at radius 2 is 1.83 bits per heavy atom. The Labute approximate surface area is 68.7 Å². The van der Waals surface area contributed by atoms with Gasteiger partial charge in [-0.15, -0.1) is 0 Å². The Kier molecular flexibility index (Phi) is 4.39. The number of carbonyl (C=O) groups excluding carboxylic acids is 2. The number of aliphatic carboxylic acids is 2. The lowest BCUT2D eigenvalue weighted by Crippen LogP contribution is -2.37. The number of carbonyl (C=O) groups is 2. The highest BCUT2D eigenvalue weighted by Crippen LogP contribution is 2.15. The summed E-state index contributed by atoms with van der Waals surface area (Å²) in [6.07, 6.45) is -1.57. The molecule has 12 heavy (non-hydrogen) atoms. The van der Waals surface area contributed by atoms with Crippen LogP contribution < -0.4 is 15.1 Å². The van der Waals surface area contributed by atoms with Crippen molar-refractivity contribution in [2.45, 2.75) is 6.42 Å². The molecule has 0 spiro atoms. The van der Waals surface area contributed by atoms with Crippen LogP contribution >= 0.6 is 8.03 Å². The van der Waals surface area contributed by atoms with Crippen molar-refractivity contribution < 1.29 is 29.3 Å². The molecule has 0 aromatic carbocycles. The summed E-state index contributed by atoms with van der Waals surface area (Å²) in [6, 6.07) is 0. The van der Waals surface area contributed by atoms with Gasteiger partial charge < -0.3 is 24.7 Å². The second-order valence-corrected chi connectivity index (χ2v) is 3.14. The molecular weight excluding hydrogens is 187 g/mol. The predicted octanol–water partition coefficient (Wildman–Crippen LogP) is -3.40. The first-order valence-electron chi connectivity index (χ1n) is 2.96. The van der Waals surface area contributed by atoms with E-state index in [0.29, 0.717) is 0 Å². The molecule has 0 heterocycles. The van der Waals surface area contributed by atoms with E-state index in [0.717, 1.165) is 0 Å². The fourth-order valence-electron chi connectivity index (χ4n) is 0.604. The molecule has 0 aromatic rings. The second-order valence-electron chi connectivity index (χ2n) is 2.11. The fourth-order valence-corrected chi connectivity index (χ4v) is 1.24. The van der Waals surface area contributed by atoms with Crippen molar-refractivity contribution in [3.05, 3.63) is 0 Å². The van der Waals surface area contributed by atoms with E-state index in [9.17, 15) is 29.3 Å². The number of carboxylic acids is 2. The largest absolute Gasteiger partial charge is 0.596 e. The molecule has 68 valence electrons. The lowest BCUT2D eigenvalue weighted by atomic mass is 10.1. The SMILES string of the molecule is O=C([O-])CC(C[P+](=O)[O-])C(=O)[O-]. The van der Waals surface area contributed by atoms with Crippen LogP contribution in [0.15, 0.2) is 0 Å². The van der Waals surface area contributed by atoms with E-state index in [1.165, 1.54) is 0 Å². The van der Waals surface area contributed by atoms with Crippen LogP contribution in [0, 0.1) is 5.92 Å². The average Bonchev–Trinajstić information content (AvgIpc) is 1.83. The van der Waals surface area contributed by atoms with E-state index in [-0.39, 0.29) is 0 Å². The summed E-state index contributed by atoms with van der Waals surface area (Å²) in [5.41, 5.74) is 0. The maximum absolute atomic E-state index is 10.1. The summed E-state index contributed by atoms with van der Waals surface area (Å²) in [5, 5.41) is 20.0. The molecule has 2 atom stereocenters. The van der Waals surface area contributed by atoms with Gasteiger partial charge >= 0.3 is 8.03 Å². The van der Waals surface area contributed by atoms with Gasteiger partial charge in [0, 0.05) is 17.9 Å². The molecule has 0 saturated heterocycles. The zero-order chi connectivity index (χ0) is 9.72. The van der Waals surface area contributed by atoms with E-state index in [1.54, 1.807) is 0 Å².